The third-order valence-corrected chi connectivity index (χ3v) is 4.17. The zero-order valence-electron chi connectivity index (χ0n) is 12.8. The third kappa shape index (κ3) is 3.74. The summed E-state index contributed by atoms with van der Waals surface area (Å²) in [4.78, 5) is 14.3. The van der Waals surface area contributed by atoms with E-state index in [2.05, 4.69) is 35.6 Å². The van der Waals surface area contributed by atoms with Crippen LogP contribution in [0.1, 0.15) is 23.1 Å². The van der Waals surface area contributed by atoms with Crippen molar-refractivity contribution < 1.29 is 4.79 Å². The first-order chi connectivity index (χ1) is 10.8. The highest BCUT2D eigenvalue weighted by Gasteiger charge is 2.19. The van der Waals surface area contributed by atoms with Crippen molar-refractivity contribution in [1.82, 2.24) is 10.2 Å². The van der Waals surface area contributed by atoms with E-state index in [1.807, 2.05) is 29.2 Å². The van der Waals surface area contributed by atoms with Crippen LogP contribution in [0.2, 0.25) is 0 Å². The van der Waals surface area contributed by atoms with Gasteiger partial charge in [0, 0.05) is 32.6 Å². The van der Waals surface area contributed by atoms with Gasteiger partial charge in [0.2, 0.25) is 5.91 Å². The molecule has 0 unspecified atom stereocenters. The molecule has 3 heteroatoms. The van der Waals surface area contributed by atoms with E-state index in [1.165, 1.54) is 16.7 Å². The summed E-state index contributed by atoms with van der Waals surface area (Å²) in [6, 6.07) is 18.7. The molecule has 0 saturated heterocycles. The number of nitrogens with zero attached hydrogens (tertiary/aromatic N) is 1. The first kappa shape index (κ1) is 14.8. The van der Waals surface area contributed by atoms with Crippen LogP contribution in [0.25, 0.3) is 0 Å². The van der Waals surface area contributed by atoms with Crippen molar-refractivity contribution in [2.45, 2.75) is 25.9 Å². The highest BCUT2D eigenvalue weighted by atomic mass is 16.2. The summed E-state index contributed by atoms with van der Waals surface area (Å²) in [5.41, 5.74) is 3.93. The Morgan fingerprint density at radius 2 is 1.73 bits per heavy atom. The van der Waals surface area contributed by atoms with E-state index in [0.717, 1.165) is 32.6 Å². The van der Waals surface area contributed by atoms with Gasteiger partial charge in [0.05, 0.1) is 0 Å². The van der Waals surface area contributed by atoms with Crippen molar-refractivity contribution >= 4 is 5.91 Å². The summed E-state index contributed by atoms with van der Waals surface area (Å²) < 4.78 is 0. The van der Waals surface area contributed by atoms with Crippen molar-refractivity contribution in [1.29, 1.82) is 0 Å². The van der Waals surface area contributed by atoms with E-state index in [9.17, 15) is 4.79 Å². The zero-order chi connectivity index (χ0) is 15.2. The molecule has 2 aromatic carbocycles. The normalized spacial score (nSPS) is 13.7. The lowest BCUT2D eigenvalue weighted by Crippen LogP contribution is -2.37. The van der Waals surface area contributed by atoms with Crippen LogP contribution in [0.3, 0.4) is 0 Å². The monoisotopic (exact) mass is 294 g/mol. The molecule has 3 rings (SSSR count). The molecule has 0 bridgehead atoms. The Bertz CT molecular complexity index is 624. The molecule has 0 aliphatic carbocycles. The molecule has 1 amide bonds. The predicted octanol–water partition coefficient (Wildman–Crippen LogP) is 2.75. The zero-order valence-corrected chi connectivity index (χ0v) is 12.8. The summed E-state index contributed by atoms with van der Waals surface area (Å²) in [5, 5.41) is 3.34. The van der Waals surface area contributed by atoms with E-state index in [1.54, 1.807) is 0 Å². The van der Waals surface area contributed by atoms with Crippen molar-refractivity contribution in [3.8, 4) is 0 Å². The summed E-state index contributed by atoms with van der Waals surface area (Å²) >= 11 is 0. The second-order valence-electron chi connectivity index (χ2n) is 5.75. The van der Waals surface area contributed by atoms with Gasteiger partial charge in [-0.05, 0) is 23.1 Å². The van der Waals surface area contributed by atoms with Crippen LogP contribution >= 0.6 is 0 Å². The number of carbonyl (C=O) groups is 1. The van der Waals surface area contributed by atoms with Crippen LogP contribution in [-0.4, -0.2) is 23.9 Å². The van der Waals surface area contributed by atoms with E-state index >= 15 is 0 Å². The number of amides is 1. The minimum Gasteiger partial charge on any atom is -0.338 e. The molecule has 1 aliphatic rings. The Hall–Kier alpha value is -2.13. The van der Waals surface area contributed by atoms with Crippen molar-refractivity contribution in [3.05, 3.63) is 71.3 Å². The topological polar surface area (TPSA) is 32.3 Å². The fraction of sp³-hybridized carbons (Fsp3) is 0.316. The Morgan fingerprint density at radius 1 is 1.00 bits per heavy atom. The molecule has 1 N–H and O–H groups in total. The highest BCUT2D eigenvalue weighted by molar-refractivity contribution is 5.76. The molecule has 1 aliphatic heterocycles. The first-order valence-corrected chi connectivity index (χ1v) is 7.92. The SMILES string of the molecule is O=C(CCNCc1ccccc1)N1CCc2ccccc2C1. The lowest BCUT2D eigenvalue weighted by atomic mass is 10.00. The Balaban J connectivity index is 1.43. The minimum atomic E-state index is 0.245. The average Bonchev–Trinajstić information content (AvgIpc) is 2.59. The summed E-state index contributed by atoms with van der Waals surface area (Å²) in [6.45, 7) is 3.14. The van der Waals surface area contributed by atoms with Gasteiger partial charge in [-0.2, -0.15) is 0 Å². The highest BCUT2D eigenvalue weighted by Crippen LogP contribution is 2.18. The fourth-order valence-corrected chi connectivity index (χ4v) is 2.89. The van der Waals surface area contributed by atoms with Gasteiger partial charge in [-0.15, -0.1) is 0 Å². The van der Waals surface area contributed by atoms with E-state index < -0.39 is 0 Å². The van der Waals surface area contributed by atoms with Gasteiger partial charge >= 0.3 is 0 Å². The maximum Gasteiger partial charge on any atom is 0.224 e. The molecular weight excluding hydrogens is 272 g/mol. The molecule has 3 nitrogen and oxygen atoms in total. The Morgan fingerprint density at radius 3 is 2.55 bits per heavy atom. The quantitative estimate of drug-likeness (QED) is 0.860. The van der Waals surface area contributed by atoms with Gasteiger partial charge in [-0.1, -0.05) is 54.6 Å². The van der Waals surface area contributed by atoms with Crippen molar-refractivity contribution in [2.75, 3.05) is 13.1 Å². The molecule has 0 aromatic heterocycles. The Labute approximate surface area is 132 Å². The lowest BCUT2D eigenvalue weighted by molar-refractivity contribution is -0.132. The van der Waals surface area contributed by atoms with Crippen LogP contribution < -0.4 is 5.32 Å². The number of hydrogen-bond donors (Lipinski definition) is 1. The van der Waals surface area contributed by atoms with Gasteiger partial charge in [-0.25, -0.2) is 0 Å². The van der Waals surface area contributed by atoms with Gasteiger partial charge in [0.25, 0.3) is 0 Å². The maximum absolute atomic E-state index is 12.3. The van der Waals surface area contributed by atoms with Gasteiger partial charge in [0.15, 0.2) is 0 Å². The minimum absolute atomic E-state index is 0.245. The van der Waals surface area contributed by atoms with Crippen LogP contribution in [0, 0.1) is 0 Å². The maximum atomic E-state index is 12.3. The van der Waals surface area contributed by atoms with Gasteiger partial charge < -0.3 is 10.2 Å². The number of benzene rings is 2. The predicted molar refractivity (Wildman–Crippen MR) is 88.3 cm³/mol. The van der Waals surface area contributed by atoms with Gasteiger partial charge in [0.1, 0.15) is 0 Å². The molecule has 0 radical (unpaired) electrons. The molecule has 0 atom stereocenters. The van der Waals surface area contributed by atoms with Crippen LogP contribution in [0.5, 0.6) is 0 Å². The fourth-order valence-electron chi connectivity index (χ4n) is 2.89. The van der Waals surface area contributed by atoms with Crippen LogP contribution in [0.4, 0.5) is 0 Å². The standard InChI is InChI=1S/C19H22N2O/c22-19(10-12-20-14-16-6-2-1-3-7-16)21-13-11-17-8-4-5-9-18(17)15-21/h1-9,20H,10-15H2. The molecule has 114 valence electrons. The van der Waals surface area contributed by atoms with Crippen LogP contribution in [0.15, 0.2) is 54.6 Å². The summed E-state index contributed by atoms with van der Waals surface area (Å²) in [7, 11) is 0. The second kappa shape index (κ2) is 7.23. The summed E-state index contributed by atoms with van der Waals surface area (Å²) in [6.07, 6.45) is 1.54. The van der Waals surface area contributed by atoms with Crippen molar-refractivity contribution in [3.63, 3.8) is 0 Å². The second-order valence-corrected chi connectivity index (χ2v) is 5.75. The van der Waals surface area contributed by atoms with Gasteiger partial charge in [-0.3, -0.25) is 4.79 Å². The van der Waals surface area contributed by atoms with E-state index in [-0.39, 0.29) is 5.91 Å². The third-order valence-electron chi connectivity index (χ3n) is 4.17. The van der Waals surface area contributed by atoms with Crippen LogP contribution in [-0.2, 0) is 24.3 Å². The molecule has 0 fully saturated rings. The number of fused-ring (bicyclic) bond motifs is 1. The van der Waals surface area contributed by atoms with E-state index in [4.69, 9.17) is 0 Å². The molecule has 0 saturated carbocycles. The van der Waals surface area contributed by atoms with Crippen molar-refractivity contribution in [2.24, 2.45) is 0 Å². The molecule has 0 spiro atoms. The first-order valence-electron chi connectivity index (χ1n) is 7.92. The Kier molecular flexibility index (Phi) is 4.86. The number of carbonyl (C=O) groups excluding carboxylic acids is 1. The molecule has 1 heterocycles. The average molecular weight is 294 g/mol. The smallest absolute Gasteiger partial charge is 0.224 e. The molecule has 2 aromatic rings. The number of hydrogen-bond acceptors (Lipinski definition) is 2. The largest absolute Gasteiger partial charge is 0.338 e. The summed E-state index contributed by atoms with van der Waals surface area (Å²) in [5.74, 6) is 0.245. The number of rotatable bonds is 5. The molecule has 22 heavy (non-hydrogen) atoms. The number of nitrogens with one attached hydrogen (secondary N) is 1. The lowest BCUT2D eigenvalue weighted by Gasteiger charge is -2.29. The molecular formula is C19H22N2O. The van der Waals surface area contributed by atoms with E-state index in [0.29, 0.717) is 6.42 Å².